The summed E-state index contributed by atoms with van der Waals surface area (Å²) in [6, 6.07) is 0.423. The van der Waals surface area contributed by atoms with Gasteiger partial charge in [0.05, 0.1) is 5.69 Å². The highest BCUT2D eigenvalue weighted by atomic mass is 15.2. The van der Waals surface area contributed by atoms with E-state index in [2.05, 4.69) is 21.9 Å². The van der Waals surface area contributed by atoms with Crippen molar-refractivity contribution in [1.82, 2.24) is 9.97 Å². The first-order valence-electron chi connectivity index (χ1n) is 5.41. The van der Waals surface area contributed by atoms with Crippen LogP contribution in [0.5, 0.6) is 0 Å². The minimum absolute atomic E-state index is 0.423. The second-order valence-electron chi connectivity index (χ2n) is 4.44. The molecule has 0 amide bonds. The zero-order valence-corrected chi connectivity index (χ0v) is 9.35. The van der Waals surface area contributed by atoms with Crippen molar-refractivity contribution >= 4 is 5.82 Å². The lowest BCUT2D eigenvalue weighted by molar-refractivity contribution is 0.270. The smallest absolute Gasteiger partial charge is 0.149 e. The van der Waals surface area contributed by atoms with E-state index in [1.807, 2.05) is 6.92 Å². The molecule has 82 valence electrons. The van der Waals surface area contributed by atoms with E-state index in [1.54, 1.807) is 12.4 Å². The fourth-order valence-electron chi connectivity index (χ4n) is 2.19. The van der Waals surface area contributed by atoms with E-state index >= 15 is 0 Å². The van der Waals surface area contributed by atoms with Gasteiger partial charge in [0.15, 0.2) is 0 Å². The van der Waals surface area contributed by atoms with Crippen molar-refractivity contribution in [2.24, 2.45) is 11.7 Å². The van der Waals surface area contributed by atoms with Crippen LogP contribution >= 0.6 is 0 Å². The van der Waals surface area contributed by atoms with Crippen LogP contribution in [0, 0.1) is 12.8 Å². The first-order valence-corrected chi connectivity index (χ1v) is 5.41. The maximum Gasteiger partial charge on any atom is 0.149 e. The second kappa shape index (κ2) is 4.14. The lowest BCUT2D eigenvalue weighted by Crippen LogP contribution is -2.42. The number of aryl methyl sites for hydroxylation is 1. The molecule has 0 bridgehead atoms. The molecule has 0 aliphatic heterocycles. The molecule has 0 saturated heterocycles. The Morgan fingerprint density at radius 1 is 1.40 bits per heavy atom. The van der Waals surface area contributed by atoms with Gasteiger partial charge in [0.2, 0.25) is 0 Å². The Balaban J connectivity index is 1.96. The zero-order chi connectivity index (χ0) is 10.8. The molecular weight excluding hydrogens is 188 g/mol. The first kappa shape index (κ1) is 10.4. The van der Waals surface area contributed by atoms with Crippen molar-refractivity contribution in [3.63, 3.8) is 0 Å². The van der Waals surface area contributed by atoms with Crippen LogP contribution < -0.4 is 10.6 Å². The van der Waals surface area contributed by atoms with Crippen molar-refractivity contribution in [2.75, 3.05) is 18.5 Å². The van der Waals surface area contributed by atoms with E-state index < -0.39 is 0 Å². The Bertz CT molecular complexity index is 333. The Labute approximate surface area is 90.5 Å². The van der Waals surface area contributed by atoms with Crippen LogP contribution in [-0.2, 0) is 0 Å². The molecule has 15 heavy (non-hydrogen) atoms. The highest BCUT2D eigenvalue weighted by Gasteiger charge is 2.27. The van der Waals surface area contributed by atoms with Crippen molar-refractivity contribution in [1.29, 1.82) is 0 Å². The summed E-state index contributed by atoms with van der Waals surface area (Å²) in [4.78, 5) is 10.8. The van der Waals surface area contributed by atoms with Crippen LogP contribution in [-0.4, -0.2) is 29.6 Å². The van der Waals surface area contributed by atoms with Crippen LogP contribution in [0.3, 0.4) is 0 Å². The minimum atomic E-state index is 0.423. The Morgan fingerprint density at radius 3 is 2.67 bits per heavy atom. The summed E-state index contributed by atoms with van der Waals surface area (Å²) in [6.07, 6.45) is 5.75. The summed E-state index contributed by atoms with van der Waals surface area (Å²) >= 11 is 0. The van der Waals surface area contributed by atoms with Gasteiger partial charge >= 0.3 is 0 Å². The molecule has 1 aromatic rings. The summed E-state index contributed by atoms with van der Waals surface area (Å²) in [7, 11) is 2.07. The zero-order valence-electron chi connectivity index (χ0n) is 9.35. The SMILES string of the molecule is Cc1nccnc1N(C)CC1CC(N)C1. The molecule has 1 aromatic heterocycles. The van der Waals surface area contributed by atoms with E-state index in [9.17, 15) is 0 Å². The van der Waals surface area contributed by atoms with E-state index in [4.69, 9.17) is 5.73 Å². The van der Waals surface area contributed by atoms with Gasteiger partial charge in [-0.3, -0.25) is 4.98 Å². The summed E-state index contributed by atoms with van der Waals surface area (Å²) < 4.78 is 0. The Kier molecular flexibility index (Phi) is 2.86. The lowest BCUT2D eigenvalue weighted by Gasteiger charge is -2.35. The fraction of sp³-hybridized carbons (Fsp3) is 0.636. The molecule has 1 saturated carbocycles. The number of anilines is 1. The normalized spacial score (nSPS) is 24.7. The second-order valence-corrected chi connectivity index (χ2v) is 4.44. The summed E-state index contributed by atoms with van der Waals surface area (Å²) in [6.45, 7) is 3.03. The number of nitrogens with zero attached hydrogens (tertiary/aromatic N) is 3. The molecule has 2 N–H and O–H groups in total. The molecule has 0 aromatic carbocycles. The van der Waals surface area contributed by atoms with Crippen molar-refractivity contribution in [3.8, 4) is 0 Å². The molecule has 4 heteroatoms. The van der Waals surface area contributed by atoms with Crippen LogP contribution in [0.4, 0.5) is 5.82 Å². The van der Waals surface area contributed by atoms with Crippen molar-refractivity contribution < 1.29 is 0 Å². The van der Waals surface area contributed by atoms with Gasteiger partial charge in [0.1, 0.15) is 5.82 Å². The molecule has 1 aliphatic rings. The van der Waals surface area contributed by atoms with E-state index in [1.165, 1.54) is 0 Å². The van der Waals surface area contributed by atoms with Gasteiger partial charge in [0, 0.05) is 32.0 Å². The largest absolute Gasteiger partial charge is 0.358 e. The van der Waals surface area contributed by atoms with Gasteiger partial charge in [-0.2, -0.15) is 0 Å². The summed E-state index contributed by atoms with van der Waals surface area (Å²) in [5, 5.41) is 0. The predicted molar refractivity (Wildman–Crippen MR) is 60.7 cm³/mol. The van der Waals surface area contributed by atoms with E-state index in [0.29, 0.717) is 6.04 Å². The average Bonchev–Trinajstić information content (AvgIpc) is 2.16. The third-order valence-corrected chi connectivity index (χ3v) is 3.02. The highest BCUT2D eigenvalue weighted by molar-refractivity contribution is 5.41. The molecular formula is C11H18N4. The topological polar surface area (TPSA) is 55.0 Å². The van der Waals surface area contributed by atoms with Crippen LogP contribution in [0.2, 0.25) is 0 Å². The van der Waals surface area contributed by atoms with Crippen molar-refractivity contribution in [2.45, 2.75) is 25.8 Å². The maximum absolute atomic E-state index is 5.77. The number of aromatic nitrogens is 2. The molecule has 1 aliphatic carbocycles. The standard InChI is InChI=1S/C11H18N4/c1-8-11(14-4-3-13-8)15(2)7-9-5-10(12)6-9/h3-4,9-10H,5-7,12H2,1-2H3. The average molecular weight is 206 g/mol. The molecule has 0 atom stereocenters. The van der Waals surface area contributed by atoms with Gasteiger partial charge < -0.3 is 10.6 Å². The third kappa shape index (κ3) is 2.26. The van der Waals surface area contributed by atoms with Gasteiger partial charge in [-0.15, -0.1) is 0 Å². The van der Waals surface area contributed by atoms with Gasteiger partial charge in [-0.1, -0.05) is 0 Å². The third-order valence-electron chi connectivity index (χ3n) is 3.02. The molecule has 0 unspecified atom stereocenters. The molecule has 1 fully saturated rings. The Hall–Kier alpha value is -1.16. The van der Waals surface area contributed by atoms with Gasteiger partial charge in [-0.25, -0.2) is 4.98 Å². The van der Waals surface area contributed by atoms with Crippen LogP contribution in [0.1, 0.15) is 18.5 Å². The number of hydrogen-bond acceptors (Lipinski definition) is 4. The van der Waals surface area contributed by atoms with Crippen LogP contribution in [0.25, 0.3) is 0 Å². The number of rotatable bonds is 3. The van der Waals surface area contributed by atoms with Gasteiger partial charge in [-0.05, 0) is 25.7 Å². The monoisotopic (exact) mass is 206 g/mol. The lowest BCUT2D eigenvalue weighted by atomic mass is 9.80. The van der Waals surface area contributed by atoms with Crippen LogP contribution in [0.15, 0.2) is 12.4 Å². The molecule has 1 heterocycles. The minimum Gasteiger partial charge on any atom is -0.358 e. The molecule has 4 nitrogen and oxygen atoms in total. The first-order chi connectivity index (χ1) is 7.16. The summed E-state index contributed by atoms with van der Waals surface area (Å²) in [5.41, 5.74) is 6.76. The highest BCUT2D eigenvalue weighted by Crippen LogP contribution is 2.27. The quantitative estimate of drug-likeness (QED) is 0.800. The Morgan fingerprint density at radius 2 is 2.07 bits per heavy atom. The van der Waals surface area contributed by atoms with E-state index in [0.717, 1.165) is 36.8 Å². The molecule has 0 spiro atoms. The number of hydrogen-bond donors (Lipinski definition) is 1. The van der Waals surface area contributed by atoms with Gasteiger partial charge in [0.25, 0.3) is 0 Å². The van der Waals surface area contributed by atoms with E-state index in [-0.39, 0.29) is 0 Å². The molecule has 0 radical (unpaired) electrons. The predicted octanol–water partition coefficient (Wildman–Crippen LogP) is 0.959. The fourth-order valence-corrected chi connectivity index (χ4v) is 2.19. The summed E-state index contributed by atoms with van der Waals surface area (Å²) in [5.74, 6) is 1.71. The molecule has 2 rings (SSSR count). The number of nitrogens with two attached hydrogens (primary N) is 1. The maximum atomic E-state index is 5.77. The van der Waals surface area contributed by atoms with Crippen molar-refractivity contribution in [3.05, 3.63) is 18.1 Å².